The molecule has 0 N–H and O–H groups in total. The van der Waals surface area contributed by atoms with Crippen molar-refractivity contribution in [1.82, 2.24) is 19.2 Å². The molecule has 160 valence electrons. The third-order valence-corrected chi connectivity index (χ3v) is 6.17. The fraction of sp³-hybridized carbons (Fsp3) is 0.391. The van der Waals surface area contributed by atoms with E-state index >= 15 is 0 Å². The summed E-state index contributed by atoms with van der Waals surface area (Å²) < 4.78 is 4.39. The van der Waals surface area contributed by atoms with Gasteiger partial charge in [-0.25, -0.2) is 4.98 Å². The van der Waals surface area contributed by atoms with Gasteiger partial charge in [-0.15, -0.1) is 12.4 Å². The van der Waals surface area contributed by atoms with Gasteiger partial charge in [0.05, 0.1) is 22.0 Å². The van der Waals surface area contributed by atoms with Gasteiger partial charge in [0.2, 0.25) is 0 Å². The first-order chi connectivity index (χ1) is 14.0. The van der Waals surface area contributed by atoms with Crippen LogP contribution in [0.4, 0.5) is 0 Å². The number of hydrogen-bond donors (Lipinski definition) is 0. The SMILES string of the molecule is CCCC(CCC)n1ccc2c(C)nc3c(-c4ccc(Cl)cc4Cl)c(C)nn3c21.Cl. The second kappa shape index (κ2) is 9.17. The molecule has 0 aliphatic rings. The zero-order valence-electron chi connectivity index (χ0n) is 17.7. The van der Waals surface area contributed by atoms with Crippen LogP contribution in [0.15, 0.2) is 30.5 Å². The van der Waals surface area contributed by atoms with Gasteiger partial charge in [-0.05, 0) is 44.9 Å². The number of fused-ring (bicyclic) bond motifs is 3. The molecule has 0 radical (unpaired) electrons. The van der Waals surface area contributed by atoms with E-state index in [4.69, 9.17) is 33.3 Å². The van der Waals surface area contributed by atoms with Gasteiger partial charge in [0, 0.05) is 28.2 Å². The molecule has 30 heavy (non-hydrogen) atoms. The van der Waals surface area contributed by atoms with Crippen LogP contribution in [0.25, 0.3) is 27.8 Å². The predicted octanol–water partition coefficient (Wildman–Crippen LogP) is 7.84. The number of nitrogens with zero attached hydrogens (tertiary/aromatic N) is 4. The van der Waals surface area contributed by atoms with Crippen molar-refractivity contribution < 1.29 is 0 Å². The summed E-state index contributed by atoms with van der Waals surface area (Å²) in [7, 11) is 0. The maximum Gasteiger partial charge on any atom is 0.165 e. The Morgan fingerprint density at radius 2 is 1.70 bits per heavy atom. The van der Waals surface area contributed by atoms with E-state index in [2.05, 4.69) is 37.6 Å². The van der Waals surface area contributed by atoms with Crippen molar-refractivity contribution in [3.63, 3.8) is 0 Å². The smallest absolute Gasteiger partial charge is 0.165 e. The minimum atomic E-state index is 0. The van der Waals surface area contributed by atoms with Gasteiger partial charge in [0.25, 0.3) is 0 Å². The number of hydrogen-bond acceptors (Lipinski definition) is 2. The monoisotopic (exact) mass is 464 g/mol. The van der Waals surface area contributed by atoms with Crippen LogP contribution in [0.5, 0.6) is 0 Å². The van der Waals surface area contributed by atoms with Crippen LogP contribution in [0.1, 0.15) is 57.0 Å². The van der Waals surface area contributed by atoms with Crippen molar-refractivity contribution in [3.05, 3.63) is 51.9 Å². The van der Waals surface area contributed by atoms with Crippen molar-refractivity contribution in [2.45, 2.75) is 59.4 Å². The summed E-state index contributed by atoms with van der Waals surface area (Å²) in [5, 5.41) is 7.28. The highest BCUT2D eigenvalue weighted by atomic mass is 35.5. The molecular formula is C23H27Cl3N4. The minimum Gasteiger partial charge on any atom is -0.329 e. The summed E-state index contributed by atoms with van der Waals surface area (Å²) in [6, 6.07) is 8.21. The first-order valence-corrected chi connectivity index (χ1v) is 11.0. The maximum absolute atomic E-state index is 6.54. The van der Waals surface area contributed by atoms with E-state index in [0.717, 1.165) is 64.9 Å². The van der Waals surface area contributed by atoms with E-state index < -0.39 is 0 Å². The van der Waals surface area contributed by atoms with E-state index in [-0.39, 0.29) is 12.4 Å². The van der Waals surface area contributed by atoms with E-state index in [1.165, 1.54) is 0 Å². The lowest BCUT2D eigenvalue weighted by atomic mass is 10.1. The third-order valence-electron chi connectivity index (χ3n) is 5.62. The summed E-state index contributed by atoms with van der Waals surface area (Å²) in [6.07, 6.45) is 6.80. The Kier molecular flexibility index (Phi) is 7.01. The average molecular weight is 466 g/mol. The minimum absolute atomic E-state index is 0. The first kappa shape index (κ1) is 22.9. The number of rotatable bonds is 6. The van der Waals surface area contributed by atoms with Gasteiger partial charge in [-0.3, -0.25) is 0 Å². The average Bonchev–Trinajstić information content (AvgIpc) is 3.24. The molecule has 0 atom stereocenters. The Balaban J connectivity index is 0.00000256. The molecule has 4 rings (SSSR count). The molecule has 0 fully saturated rings. The Bertz CT molecular complexity index is 1190. The summed E-state index contributed by atoms with van der Waals surface area (Å²) in [4.78, 5) is 4.92. The lowest BCUT2D eigenvalue weighted by molar-refractivity contribution is 0.434. The number of benzene rings is 1. The van der Waals surface area contributed by atoms with E-state index in [9.17, 15) is 0 Å². The summed E-state index contributed by atoms with van der Waals surface area (Å²) in [5.74, 6) is 0. The van der Waals surface area contributed by atoms with E-state index in [1.54, 1.807) is 6.07 Å². The summed E-state index contributed by atoms with van der Waals surface area (Å²) in [5.41, 5.74) is 5.73. The highest BCUT2D eigenvalue weighted by Crippen LogP contribution is 2.37. The van der Waals surface area contributed by atoms with Crippen LogP contribution >= 0.6 is 35.6 Å². The van der Waals surface area contributed by atoms with Gasteiger partial charge in [0.1, 0.15) is 5.65 Å². The number of aromatic nitrogens is 4. The predicted molar refractivity (Wildman–Crippen MR) is 130 cm³/mol. The van der Waals surface area contributed by atoms with Crippen molar-refractivity contribution >= 4 is 52.3 Å². The van der Waals surface area contributed by atoms with Gasteiger partial charge in [0.15, 0.2) is 5.65 Å². The molecule has 0 amide bonds. The molecule has 0 saturated carbocycles. The van der Waals surface area contributed by atoms with Crippen LogP contribution in [-0.2, 0) is 0 Å². The van der Waals surface area contributed by atoms with Gasteiger partial charge in [-0.2, -0.15) is 9.61 Å². The lowest BCUT2D eigenvalue weighted by Crippen LogP contribution is -2.10. The molecule has 4 nitrogen and oxygen atoms in total. The van der Waals surface area contributed by atoms with Gasteiger partial charge in [-0.1, -0.05) is 56.0 Å². The Hall–Kier alpha value is -1.75. The van der Waals surface area contributed by atoms with Crippen LogP contribution < -0.4 is 0 Å². The van der Waals surface area contributed by atoms with Crippen LogP contribution in [-0.4, -0.2) is 19.2 Å². The van der Waals surface area contributed by atoms with Gasteiger partial charge >= 0.3 is 0 Å². The molecule has 3 heterocycles. The normalized spacial score (nSPS) is 11.6. The molecule has 0 spiro atoms. The largest absolute Gasteiger partial charge is 0.329 e. The zero-order chi connectivity index (χ0) is 20.7. The third kappa shape index (κ3) is 3.81. The summed E-state index contributed by atoms with van der Waals surface area (Å²) >= 11 is 12.7. The Morgan fingerprint density at radius 3 is 2.33 bits per heavy atom. The lowest BCUT2D eigenvalue weighted by Gasteiger charge is -2.19. The Labute approximate surface area is 193 Å². The zero-order valence-corrected chi connectivity index (χ0v) is 20.1. The maximum atomic E-state index is 6.54. The highest BCUT2D eigenvalue weighted by Gasteiger charge is 2.22. The molecule has 1 aromatic carbocycles. The first-order valence-electron chi connectivity index (χ1n) is 10.3. The fourth-order valence-electron chi connectivity index (χ4n) is 4.32. The number of halogens is 3. The summed E-state index contributed by atoms with van der Waals surface area (Å²) in [6.45, 7) is 8.57. The molecule has 0 aliphatic heterocycles. The van der Waals surface area contributed by atoms with Gasteiger partial charge < -0.3 is 4.57 Å². The second-order valence-corrected chi connectivity index (χ2v) is 8.55. The molecular weight excluding hydrogens is 439 g/mol. The van der Waals surface area contributed by atoms with E-state index in [0.29, 0.717) is 16.1 Å². The van der Waals surface area contributed by atoms with E-state index in [1.807, 2.05) is 23.6 Å². The molecule has 0 bridgehead atoms. The molecule has 0 unspecified atom stereocenters. The molecule has 0 aliphatic carbocycles. The fourth-order valence-corrected chi connectivity index (χ4v) is 4.82. The molecule has 4 aromatic rings. The van der Waals surface area contributed by atoms with Crippen molar-refractivity contribution in [2.75, 3.05) is 0 Å². The highest BCUT2D eigenvalue weighted by molar-refractivity contribution is 6.36. The Morgan fingerprint density at radius 1 is 1.00 bits per heavy atom. The molecule has 7 heteroatoms. The molecule has 3 aromatic heterocycles. The van der Waals surface area contributed by atoms with Crippen LogP contribution in [0.2, 0.25) is 10.0 Å². The van der Waals surface area contributed by atoms with Crippen LogP contribution in [0.3, 0.4) is 0 Å². The van der Waals surface area contributed by atoms with Crippen molar-refractivity contribution in [3.8, 4) is 11.1 Å². The van der Waals surface area contributed by atoms with Crippen molar-refractivity contribution in [1.29, 1.82) is 0 Å². The topological polar surface area (TPSA) is 35.1 Å². The number of aryl methyl sites for hydroxylation is 2. The quantitative estimate of drug-likeness (QED) is 0.291. The second-order valence-electron chi connectivity index (χ2n) is 7.71. The van der Waals surface area contributed by atoms with Crippen molar-refractivity contribution in [2.24, 2.45) is 0 Å². The molecule has 0 saturated heterocycles. The van der Waals surface area contributed by atoms with Crippen LogP contribution in [0, 0.1) is 13.8 Å². The standard InChI is InChI=1S/C23H26Cl2N4.ClH/c1-5-7-17(8-6-2)28-12-11-18-14(3)26-22-21(15(4)27-29(22)23(18)28)19-10-9-16(24)13-20(19)25;/h9-13,17H,5-8H2,1-4H3;1H.